The topological polar surface area (TPSA) is 49.9 Å². The van der Waals surface area contributed by atoms with Crippen LogP contribution in [0.4, 0.5) is 0 Å². The van der Waals surface area contributed by atoms with Crippen LogP contribution in [0.1, 0.15) is 63.8 Å². The summed E-state index contributed by atoms with van der Waals surface area (Å²) in [7, 11) is 0. The van der Waals surface area contributed by atoms with Gasteiger partial charge >= 0.3 is 5.97 Å². The second-order valence-electron chi connectivity index (χ2n) is 6.87. The van der Waals surface area contributed by atoms with Gasteiger partial charge in [-0.05, 0) is 70.3 Å². The van der Waals surface area contributed by atoms with Gasteiger partial charge in [0, 0.05) is 17.3 Å². The first-order valence-corrected chi connectivity index (χ1v) is 11.0. The Labute approximate surface area is 168 Å². The summed E-state index contributed by atoms with van der Waals surface area (Å²) in [4.78, 5) is 30.0. The number of aryl methyl sites for hydroxylation is 1. The molecule has 0 aliphatic heterocycles. The monoisotopic (exact) mass is 396 g/mol. The highest BCUT2D eigenvalue weighted by Crippen LogP contribution is 2.21. The number of hydrogen-bond donors (Lipinski definition) is 0. The summed E-state index contributed by atoms with van der Waals surface area (Å²) in [6, 6.07) is 2.24. The lowest BCUT2D eigenvalue weighted by Crippen LogP contribution is -2.38. The van der Waals surface area contributed by atoms with E-state index in [1.807, 2.05) is 4.90 Å². The molecular formula is C21H36N2O3S. The predicted octanol–water partition coefficient (Wildman–Crippen LogP) is 4.24. The minimum Gasteiger partial charge on any atom is -0.466 e. The van der Waals surface area contributed by atoms with Gasteiger partial charge in [-0.2, -0.15) is 0 Å². The van der Waals surface area contributed by atoms with Crippen molar-refractivity contribution in [3.63, 3.8) is 0 Å². The zero-order valence-corrected chi connectivity index (χ0v) is 18.4. The van der Waals surface area contributed by atoms with Gasteiger partial charge in [-0.15, -0.1) is 11.3 Å². The number of esters is 1. The SMILES string of the molecule is CCOC(=O)CCC(=O)N(Cc1sccc1C)C(C)CCCN(CC)CC. The van der Waals surface area contributed by atoms with Crippen LogP contribution in [0.2, 0.25) is 0 Å². The average Bonchev–Trinajstić information content (AvgIpc) is 3.06. The number of carbonyl (C=O) groups excluding carboxylic acids is 2. The summed E-state index contributed by atoms with van der Waals surface area (Å²) in [6.45, 7) is 14.5. The number of rotatable bonds is 13. The molecule has 0 radical (unpaired) electrons. The third kappa shape index (κ3) is 8.43. The smallest absolute Gasteiger partial charge is 0.306 e. The van der Waals surface area contributed by atoms with Crippen molar-refractivity contribution in [1.29, 1.82) is 0 Å². The van der Waals surface area contributed by atoms with Gasteiger partial charge in [0.05, 0.1) is 19.6 Å². The van der Waals surface area contributed by atoms with Crippen LogP contribution in [0.3, 0.4) is 0 Å². The number of amides is 1. The van der Waals surface area contributed by atoms with Crippen LogP contribution in [0.15, 0.2) is 11.4 Å². The molecule has 1 atom stereocenters. The molecule has 154 valence electrons. The molecule has 0 aliphatic carbocycles. The largest absolute Gasteiger partial charge is 0.466 e. The molecule has 0 bridgehead atoms. The Bertz CT molecular complexity index is 570. The lowest BCUT2D eigenvalue weighted by molar-refractivity contribution is -0.146. The first-order valence-electron chi connectivity index (χ1n) is 10.1. The number of ether oxygens (including phenoxy) is 1. The van der Waals surface area contributed by atoms with E-state index in [1.54, 1.807) is 18.3 Å². The fourth-order valence-corrected chi connectivity index (χ4v) is 4.01. The van der Waals surface area contributed by atoms with E-state index >= 15 is 0 Å². The fraction of sp³-hybridized carbons (Fsp3) is 0.714. The lowest BCUT2D eigenvalue weighted by Gasteiger charge is -2.30. The Morgan fingerprint density at radius 3 is 2.44 bits per heavy atom. The molecule has 0 saturated heterocycles. The average molecular weight is 397 g/mol. The summed E-state index contributed by atoms with van der Waals surface area (Å²) >= 11 is 1.69. The van der Waals surface area contributed by atoms with Gasteiger partial charge in [0.15, 0.2) is 0 Å². The Balaban J connectivity index is 2.70. The maximum atomic E-state index is 12.9. The molecule has 1 heterocycles. The normalized spacial score (nSPS) is 12.2. The standard InChI is InChI=1S/C21H36N2O3S/c1-6-22(7-2)14-9-10-18(5)23(16-19-17(4)13-15-27-19)20(24)11-12-21(25)26-8-3/h13,15,18H,6-12,14,16H2,1-5H3. The molecule has 27 heavy (non-hydrogen) atoms. The summed E-state index contributed by atoms with van der Waals surface area (Å²) in [5.74, 6) is -0.265. The van der Waals surface area contributed by atoms with Crippen LogP contribution in [0, 0.1) is 6.92 Å². The molecule has 1 amide bonds. The van der Waals surface area contributed by atoms with Crippen molar-refractivity contribution in [2.75, 3.05) is 26.2 Å². The third-order valence-corrected chi connectivity index (χ3v) is 5.98. The number of hydrogen-bond acceptors (Lipinski definition) is 5. The van der Waals surface area contributed by atoms with Crippen LogP contribution in [0.25, 0.3) is 0 Å². The van der Waals surface area contributed by atoms with E-state index in [0.717, 1.165) is 32.5 Å². The molecule has 0 spiro atoms. The molecule has 6 heteroatoms. The van der Waals surface area contributed by atoms with Gasteiger partial charge in [0.2, 0.25) is 5.91 Å². The van der Waals surface area contributed by atoms with Gasteiger partial charge in [-0.1, -0.05) is 13.8 Å². The van der Waals surface area contributed by atoms with Crippen molar-refractivity contribution >= 4 is 23.2 Å². The van der Waals surface area contributed by atoms with Crippen molar-refractivity contribution < 1.29 is 14.3 Å². The summed E-state index contributed by atoms with van der Waals surface area (Å²) < 4.78 is 4.96. The van der Waals surface area contributed by atoms with E-state index in [9.17, 15) is 9.59 Å². The highest BCUT2D eigenvalue weighted by molar-refractivity contribution is 7.10. The zero-order valence-electron chi connectivity index (χ0n) is 17.6. The number of nitrogens with zero attached hydrogens (tertiary/aromatic N) is 2. The van der Waals surface area contributed by atoms with Gasteiger partial charge in [-0.3, -0.25) is 9.59 Å². The molecule has 0 saturated carbocycles. The van der Waals surface area contributed by atoms with E-state index in [-0.39, 0.29) is 30.8 Å². The first kappa shape index (κ1) is 23.6. The second-order valence-corrected chi connectivity index (χ2v) is 7.87. The molecular weight excluding hydrogens is 360 g/mol. The fourth-order valence-electron chi connectivity index (χ4n) is 3.10. The first-order chi connectivity index (χ1) is 12.9. The van der Waals surface area contributed by atoms with Crippen molar-refractivity contribution in [3.8, 4) is 0 Å². The van der Waals surface area contributed by atoms with Crippen molar-refractivity contribution in [2.45, 2.75) is 72.9 Å². The Morgan fingerprint density at radius 2 is 1.89 bits per heavy atom. The molecule has 1 aromatic rings. The molecule has 1 aromatic heterocycles. The molecule has 5 nitrogen and oxygen atoms in total. The maximum Gasteiger partial charge on any atom is 0.306 e. The Hall–Kier alpha value is -1.40. The minimum absolute atomic E-state index is 0.0335. The second kappa shape index (κ2) is 12.9. The molecule has 1 rings (SSSR count). The van der Waals surface area contributed by atoms with Crippen LogP contribution >= 0.6 is 11.3 Å². The van der Waals surface area contributed by atoms with E-state index in [4.69, 9.17) is 4.74 Å². The van der Waals surface area contributed by atoms with Crippen LogP contribution in [0.5, 0.6) is 0 Å². The quantitative estimate of drug-likeness (QED) is 0.468. The highest BCUT2D eigenvalue weighted by Gasteiger charge is 2.22. The van der Waals surface area contributed by atoms with E-state index in [1.165, 1.54) is 10.4 Å². The molecule has 0 aliphatic rings. The Kier molecular flexibility index (Phi) is 11.3. The lowest BCUT2D eigenvalue weighted by atomic mass is 10.1. The maximum absolute atomic E-state index is 12.9. The summed E-state index contributed by atoms with van der Waals surface area (Å²) in [5.41, 5.74) is 1.22. The van der Waals surface area contributed by atoms with E-state index in [2.05, 4.69) is 44.0 Å². The van der Waals surface area contributed by atoms with E-state index in [0.29, 0.717) is 13.2 Å². The number of carbonyl (C=O) groups is 2. The molecule has 0 N–H and O–H groups in total. The molecule has 0 aromatic carbocycles. The van der Waals surface area contributed by atoms with Crippen molar-refractivity contribution in [1.82, 2.24) is 9.80 Å². The molecule has 0 fully saturated rings. The van der Waals surface area contributed by atoms with Crippen molar-refractivity contribution in [3.05, 3.63) is 21.9 Å². The Morgan fingerprint density at radius 1 is 1.19 bits per heavy atom. The summed E-state index contributed by atoms with van der Waals surface area (Å²) in [5, 5.41) is 2.07. The summed E-state index contributed by atoms with van der Waals surface area (Å²) in [6.07, 6.45) is 2.39. The van der Waals surface area contributed by atoms with Crippen molar-refractivity contribution in [2.24, 2.45) is 0 Å². The van der Waals surface area contributed by atoms with Crippen LogP contribution < -0.4 is 0 Å². The highest BCUT2D eigenvalue weighted by atomic mass is 32.1. The van der Waals surface area contributed by atoms with Gasteiger partial charge in [0.25, 0.3) is 0 Å². The molecule has 1 unspecified atom stereocenters. The predicted molar refractivity (Wildman–Crippen MR) is 112 cm³/mol. The van der Waals surface area contributed by atoms with Gasteiger partial charge in [-0.25, -0.2) is 0 Å². The number of thiophene rings is 1. The van der Waals surface area contributed by atoms with Gasteiger partial charge in [0.1, 0.15) is 0 Å². The van der Waals surface area contributed by atoms with Crippen LogP contribution in [-0.4, -0.2) is 54.0 Å². The third-order valence-electron chi connectivity index (χ3n) is 4.97. The van der Waals surface area contributed by atoms with Gasteiger partial charge < -0.3 is 14.5 Å². The minimum atomic E-state index is -0.299. The van der Waals surface area contributed by atoms with Crippen LogP contribution in [-0.2, 0) is 20.9 Å². The van der Waals surface area contributed by atoms with E-state index < -0.39 is 0 Å². The zero-order chi connectivity index (χ0) is 20.2.